The third-order valence-corrected chi connectivity index (χ3v) is 2.06. The maximum atomic E-state index is 11.2. The molecule has 0 fully saturated rings. The van der Waals surface area contributed by atoms with Crippen molar-refractivity contribution in [2.75, 3.05) is 0 Å². The van der Waals surface area contributed by atoms with Gasteiger partial charge >= 0.3 is 0 Å². The number of nitrogens with zero attached hydrogens (tertiary/aromatic N) is 2. The summed E-state index contributed by atoms with van der Waals surface area (Å²) < 4.78 is 0. The number of para-hydroxylation sites is 1. The molecule has 0 atom stereocenters. The molecule has 1 aliphatic heterocycles. The van der Waals surface area contributed by atoms with Crippen molar-refractivity contribution in [2.45, 2.75) is 0 Å². The number of benzene rings is 1. The van der Waals surface area contributed by atoms with Crippen LogP contribution >= 0.6 is 0 Å². The summed E-state index contributed by atoms with van der Waals surface area (Å²) >= 11 is 0. The zero-order valence-electron chi connectivity index (χ0n) is 8.08. The summed E-state index contributed by atoms with van der Waals surface area (Å²) in [5.41, 5.74) is 0.468. The normalized spacial score (nSPS) is 16.5. The molecule has 1 N–H and O–H groups in total. The van der Waals surface area contributed by atoms with E-state index in [9.17, 15) is 14.9 Å². The van der Waals surface area contributed by atoms with Crippen LogP contribution in [0.15, 0.2) is 35.0 Å². The van der Waals surface area contributed by atoms with E-state index in [1.165, 1.54) is 18.5 Å². The first-order valence-corrected chi connectivity index (χ1v) is 4.47. The molecule has 1 aromatic rings. The Bertz CT molecular complexity index is 520. The van der Waals surface area contributed by atoms with Gasteiger partial charge in [0.15, 0.2) is 0 Å². The Morgan fingerprint density at radius 3 is 2.75 bits per heavy atom. The summed E-state index contributed by atoms with van der Waals surface area (Å²) in [6.45, 7) is 0. The average molecular weight is 217 g/mol. The lowest BCUT2D eigenvalue weighted by Crippen LogP contribution is -2.14. The Morgan fingerprint density at radius 2 is 2.12 bits per heavy atom. The van der Waals surface area contributed by atoms with E-state index in [0.717, 1.165) is 0 Å². The van der Waals surface area contributed by atoms with E-state index in [1.807, 2.05) is 0 Å². The number of nitro groups is 1. The minimum absolute atomic E-state index is 0.0510. The van der Waals surface area contributed by atoms with Crippen LogP contribution in [0.25, 0.3) is 6.08 Å². The van der Waals surface area contributed by atoms with Gasteiger partial charge in [-0.2, -0.15) is 0 Å². The van der Waals surface area contributed by atoms with Crippen LogP contribution in [0.4, 0.5) is 5.69 Å². The SMILES string of the molecule is O=C1NC=N/C1=C\c1ccccc1[N+](=O)[O-]. The first-order chi connectivity index (χ1) is 7.68. The second-order valence-corrected chi connectivity index (χ2v) is 3.08. The monoisotopic (exact) mass is 217 g/mol. The molecule has 0 aromatic heterocycles. The third kappa shape index (κ3) is 1.81. The second-order valence-electron chi connectivity index (χ2n) is 3.08. The van der Waals surface area contributed by atoms with E-state index in [0.29, 0.717) is 5.56 Å². The summed E-state index contributed by atoms with van der Waals surface area (Å²) in [6.07, 6.45) is 2.64. The van der Waals surface area contributed by atoms with E-state index in [-0.39, 0.29) is 17.3 Å². The van der Waals surface area contributed by atoms with E-state index >= 15 is 0 Å². The van der Waals surface area contributed by atoms with Crippen LogP contribution < -0.4 is 5.32 Å². The molecule has 1 aliphatic rings. The molecule has 6 heteroatoms. The zero-order chi connectivity index (χ0) is 11.5. The van der Waals surface area contributed by atoms with Crippen LogP contribution in [0.1, 0.15) is 5.56 Å². The van der Waals surface area contributed by atoms with Crippen molar-refractivity contribution in [1.29, 1.82) is 0 Å². The summed E-state index contributed by atoms with van der Waals surface area (Å²) in [5.74, 6) is -0.363. The lowest BCUT2D eigenvalue weighted by atomic mass is 10.1. The molecule has 0 radical (unpaired) electrons. The number of hydrogen-bond donors (Lipinski definition) is 1. The predicted molar refractivity (Wildman–Crippen MR) is 57.7 cm³/mol. The number of rotatable bonds is 2. The predicted octanol–water partition coefficient (Wildman–Crippen LogP) is 1.09. The van der Waals surface area contributed by atoms with Crippen molar-refractivity contribution in [3.63, 3.8) is 0 Å². The molecule has 80 valence electrons. The summed E-state index contributed by atoms with van der Waals surface area (Å²) in [6, 6.07) is 6.17. The van der Waals surface area contributed by atoms with Gasteiger partial charge in [-0.25, -0.2) is 4.99 Å². The van der Waals surface area contributed by atoms with Crippen molar-refractivity contribution in [1.82, 2.24) is 5.32 Å². The Kier molecular flexibility index (Phi) is 2.47. The topological polar surface area (TPSA) is 84.6 Å². The quantitative estimate of drug-likeness (QED) is 0.457. The molecule has 16 heavy (non-hydrogen) atoms. The molecule has 0 saturated carbocycles. The molecular weight excluding hydrogens is 210 g/mol. The van der Waals surface area contributed by atoms with Gasteiger partial charge < -0.3 is 5.32 Å². The number of aliphatic imine (C=N–C) groups is 1. The molecule has 1 heterocycles. The van der Waals surface area contributed by atoms with Crippen LogP contribution in [0, 0.1) is 10.1 Å². The van der Waals surface area contributed by atoms with Gasteiger partial charge in [0, 0.05) is 6.07 Å². The molecule has 0 unspecified atom stereocenters. The number of carbonyl (C=O) groups excluding carboxylic acids is 1. The lowest BCUT2D eigenvalue weighted by molar-refractivity contribution is -0.385. The van der Waals surface area contributed by atoms with Crippen molar-refractivity contribution in [3.8, 4) is 0 Å². The van der Waals surface area contributed by atoms with Crippen molar-refractivity contribution in [2.24, 2.45) is 4.99 Å². The Balaban J connectivity index is 2.45. The molecule has 0 bridgehead atoms. The molecule has 1 aromatic carbocycles. The van der Waals surface area contributed by atoms with Gasteiger partial charge in [-0.05, 0) is 12.1 Å². The lowest BCUT2D eigenvalue weighted by Gasteiger charge is -1.97. The first-order valence-electron chi connectivity index (χ1n) is 4.47. The molecule has 2 rings (SSSR count). The summed E-state index contributed by atoms with van der Waals surface area (Å²) in [5, 5.41) is 13.1. The minimum Gasteiger partial charge on any atom is -0.311 e. The fourth-order valence-corrected chi connectivity index (χ4v) is 1.32. The molecular formula is C10H7N3O3. The second kappa shape index (κ2) is 3.93. The first kappa shape index (κ1) is 10.0. The number of amides is 1. The highest BCUT2D eigenvalue weighted by Gasteiger charge is 2.16. The van der Waals surface area contributed by atoms with Gasteiger partial charge in [-0.3, -0.25) is 14.9 Å². The Hall–Kier alpha value is -2.50. The van der Waals surface area contributed by atoms with E-state index in [1.54, 1.807) is 18.2 Å². The molecule has 0 spiro atoms. The average Bonchev–Trinajstić information content (AvgIpc) is 2.65. The molecule has 1 amide bonds. The fourth-order valence-electron chi connectivity index (χ4n) is 1.32. The van der Waals surface area contributed by atoms with E-state index < -0.39 is 4.92 Å². The highest BCUT2D eigenvalue weighted by Crippen LogP contribution is 2.21. The van der Waals surface area contributed by atoms with Crippen LogP contribution in [0.5, 0.6) is 0 Å². The Morgan fingerprint density at radius 1 is 1.38 bits per heavy atom. The van der Waals surface area contributed by atoms with Crippen LogP contribution in [-0.4, -0.2) is 17.2 Å². The van der Waals surface area contributed by atoms with Gasteiger partial charge in [0.1, 0.15) is 5.70 Å². The highest BCUT2D eigenvalue weighted by atomic mass is 16.6. The Labute approximate surface area is 90.5 Å². The summed E-state index contributed by atoms with van der Waals surface area (Å²) in [4.78, 5) is 25.2. The van der Waals surface area contributed by atoms with E-state index in [2.05, 4.69) is 10.3 Å². The maximum Gasteiger partial charge on any atom is 0.276 e. The van der Waals surface area contributed by atoms with E-state index in [4.69, 9.17) is 0 Å². The number of nitro benzene ring substituents is 1. The fraction of sp³-hybridized carbons (Fsp3) is 0. The van der Waals surface area contributed by atoms with Crippen molar-refractivity contribution < 1.29 is 9.72 Å². The van der Waals surface area contributed by atoms with Gasteiger partial charge in [-0.1, -0.05) is 12.1 Å². The number of carbonyl (C=O) groups is 1. The minimum atomic E-state index is -0.497. The van der Waals surface area contributed by atoms with Crippen LogP contribution in [0.2, 0.25) is 0 Å². The van der Waals surface area contributed by atoms with Crippen molar-refractivity contribution in [3.05, 3.63) is 45.6 Å². The van der Waals surface area contributed by atoms with Gasteiger partial charge in [0.25, 0.3) is 11.6 Å². The van der Waals surface area contributed by atoms with Gasteiger partial charge in [0.05, 0.1) is 16.8 Å². The van der Waals surface area contributed by atoms with Crippen LogP contribution in [-0.2, 0) is 4.79 Å². The highest BCUT2D eigenvalue weighted by molar-refractivity contribution is 6.08. The molecule has 0 saturated heterocycles. The number of hydrogen-bond acceptors (Lipinski definition) is 4. The largest absolute Gasteiger partial charge is 0.311 e. The maximum absolute atomic E-state index is 11.2. The van der Waals surface area contributed by atoms with Gasteiger partial charge in [0.2, 0.25) is 0 Å². The van der Waals surface area contributed by atoms with Crippen LogP contribution in [0.3, 0.4) is 0 Å². The number of nitrogens with one attached hydrogen (secondary N) is 1. The van der Waals surface area contributed by atoms with Crippen molar-refractivity contribution >= 4 is 24.0 Å². The molecule has 6 nitrogen and oxygen atoms in total. The van der Waals surface area contributed by atoms with Gasteiger partial charge in [-0.15, -0.1) is 0 Å². The standard InChI is InChI=1S/C10H7N3O3/c14-10-8(11-6-12-10)5-7-3-1-2-4-9(7)13(15)16/h1-6H,(H,11,12,14)/b8-5-. The third-order valence-electron chi connectivity index (χ3n) is 2.06. The zero-order valence-corrected chi connectivity index (χ0v) is 8.08. The molecule has 0 aliphatic carbocycles. The smallest absolute Gasteiger partial charge is 0.276 e. The summed E-state index contributed by atoms with van der Waals surface area (Å²) in [7, 11) is 0.